The highest BCUT2D eigenvalue weighted by molar-refractivity contribution is 6.24. The maximum absolute atomic E-state index is 6.60. The summed E-state index contributed by atoms with van der Waals surface area (Å²) in [6.45, 7) is 0. The third-order valence-corrected chi connectivity index (χ3v) is 10.3. The third-order valence-electron chi connectivity index (χ3n) is 10.3. The van der Waals surface area contributed by atoms with Crippen molar-refractivity contribution in [3.8, 4) is 44.5 Å². The van der Waals surface area contributed by atoms with Crippen LogP contribution in [-0.2, 0) is 0 Å². The number of hydrogen-bond acceptors (Lipinski definition) is 4. The van der Waals surface area contributed by atoms with Gasteiger partial charge in [-0.25, -0.2) is 9.98 Å². The molecule has 1 aliphatic rings. The Labute approximate surface area is 319 Å². The fourth-order valence-electron chi connectivity index (χ4n) is 7.67. The Morgan fingerprint density at radius 1 is 0.382 bits per heavy atom. The van der Waals surface area contributed by atoms with E-state index in [-0.39, 0.29) is 6.17 Å². The zero-order valence-electron chi connectivity index (χ0n) is 29.9. The normalized spacial score (nSPS) is 14.0. The second-order valence-electron chi connectivity index (χ2n) is 13.8. The molecule has 10 rings (SSSR count). The van der Waals surface area contributed by atoms with E-state index in [2.05, 4.69) is 157 Å². The molecule has 0 saturated carbocycles. The molecule has 0 bridgehead atoms. The summed E-state index contributed by atoms with van der Waals surface area (Å²) in [4.78, 5) is 10.2. The van der Waals surface area contributed by atoms with E-state index in [0.29, 0.717) is 5.84 Å². The second-order valence-corrected chi connectivity index (χ2v) is 13.8. The summed E-state index contributed by atoms with van der Waals surface area (Å²) < 4.78 is 6.60. The lowest BCUT2D eigenvalue weighted by atomic mass is 9.91. The van der Waals surface area contributed by atoms with Gasteiger partial charge in [-0.2, -0.15) is 0 Å². The molecule has 1 aliphatic heterocycles. The van der Waals surface area contributed by atoms with Crippen LogP contribution in [0.5, 0.6) is 0 Å². The molecular formula is C51H35N3O. The molecule has 0 spiro atoms. The summed E-state index contributed by atoms with van der Waals surface area (Å²) in [6.07, 6.45) is -0.305. The first-order valence-electron chi connectivity index (χ1n) is 18.6. The van der Waals surface area contributed by atoms with Gasteiger partial charge in [0, 0.05) is 21.9 Å². The van der Waals surface area contributed by atoms with Gasteiger partial charge in [-0.3, -0.25) is 0 Å². The minimum atomic E-state index is -0.305. The van der Waals surface area contributed by atoms with Crippen LogP contribution in [0.15, 0.2) is 215 Å². The first-order chi connectivity index (χ1) is 27.2. The first kappa shape index (κ1) is 32.4. The Kier molecular flexibility index (Phi) is 8.19. The molecule has 0 saturated heterocycles. The number of rotatable bonds is 7. The Bertz CT molecular complexity index is 2820. The van der Waals surface area contributed by atoms with Crippen molar-refractivity contribution in [1.29, 1.82) is 0 Å². The van der Waals surface area contributed by atoms with Crippen LogP contribution < -0.4 is 5.32 Å². The average molecular weight is 706 g/mol. The zero-order chi connectivity index (χ0) is 36.6. The monoisotopic (exact) mass is 705 g/mol. The molecule has 1 atom stereocenters. The van der Waals surface area contributed by atoms with Gasteiger partial charge >= 0.3 is 0 Å². The van der Waals surface area contributed by atoms with Gasteiger partial charge in [0.05, 0.1) is 0 Å². The van der Waals surface area contributed by atoms with E-state index in [0.717, 1.165) is 66.7 Å². The Hall–Kier alpha value is -7.30. The van der Waals surface area contributed by atoms with Gasteiger partial charge in [0.15, 0.2) is 5.84 Å². The van der Waals surface area contributed by atoms with E-state index in [9.17, 15) is 0 Å². The van der Waals surface area contributed by atoms with Gasteiger partial charge in [-0.05, 0) is 86.5 Å². The van der Waals surface area contributed by atoms with Crippen molar-refractivity contribution in [2.24, 2.45) is 9.98 Å². The van der Waals surface area contributed by atoms with E-state index in [4.69, 9.17) is 14.4 Å². The molecule has 0 aliphatic carbocycles. The number of nitrogens with one attached hydrogen (secondary N) is 1. The largest absolute Gasteiger partial charge is 0.456 e. The van der Waals surface area contributed by atoms with Crippen LogP contribution in [0.1, 0.15) is 22.9 Å². The molecule has 2 heterocycles. The summed E-state index contributed by atoms with van der Waals surface area (Å²) >= 11 is 0. The van der Waals surface area contributed by atoms with E-state index in [1.807, 2.05) is 48.5 Å². The van der Waals surface area contributed by atoms with Crippen molar-refractivity contribution in [3.05, 3.63) is 217 Å². The van der Waals surface area contributed by atoms with Crippen LogP contribution in [0.25, 0.3) is 66.4 Å². The fourth-order valence-corrected chi connectivity index (χ4v) is 7.67. The first-order valence-corrected chi connectivity index (χ1v) is 18.6. The number of aliphatic imine (C=N–C) groups is 2. The van der Waals surface area contributed by atoms with Crippen molar-refractivity contribution in [1.82, 2.24) is 5.32 Å². The van der Waals surface area contributed by atoms with Gasteiger partial charge in [-0.15, -0.1) is 0 Å². The molecule has 1 aromatic heterocycles. The molecular weight excluding hydrogens is 671 g/mol. The van der Waals surface area contributed by atoms with Crippen LogP contribution in [0.3, 0.4) is 0 Å². The van der Waals surface area contributed by atoms with Gasteiger partial charge in [0.2, 0.25) is 0 Å². The maximum Gasteiger partial charge on any atom is 0.159 e. The number of amidine groups is 2. The molecule has 0 fully saturated rings. The molecule has 1 unspecified atom stereocenters. The molecule has 9 aromatic rings. The minimum absolute atomic E-state index is 0.305. The highest BCUT2D eigenvalue weighted by Crippen LogP contribution is 2.41. The van der Waals surface area contributed by atoms with Crippen LogP contribution in [0.4, 0.5) is 0 Å². The van der Waals surface area contributed by atoms with E-state index in [1.165, 1.54) is 22.3 Å². The Morgan fingerprint density at radius 2 is 0.836 bits per heavy atom. The predicted octanol–water partition coefficient (Wildman–Crippen LogP) is 12.7. The van der Waals surface area contributed by atoms with Crippen molar-refractivity contribution in [3.63, 3.8) is 0 Å². The van der Waals surface area contributed by atoms with Crippen LogP contribution in [0, 0.1) is 0 Å². The number of fused-ring (bicyclic) bond motifs is 3. The number of benzene rings is 8. The number of hydrogen-bond donors (Lipinski definition) is 1. The van der Waals surface area contributed by atoms with Crippen molar-refractivity contribution in [2.75, 3.05) is 0 Å². The van der Waals surface area contributed by atoms with Gasteiger partial charge in [0.25, 0.3) is 0 Å². The highest BCUT2D eigenvalue weighted by atomic mass is 16.3. The zero-order valence-corrected chi connectivity index (χ0v) is 29.9. The lowest BCUT2D eigenvalue weighted by Gasteiger charge is -2.24. The third kappa shape index (κ3) is 6.20. The standard InChI is InChI=1S/C51H35N3O/c1-5-16-34(17-6-1)40-31-41(35-18-7-2-8-19-35)33-42(32-40)38-24-13-25-39(30-38)43-26-14-28-45-47(43)48-44(27-15-29-46(48)55-45)51-53-49(36-20-9-3-10-21-36)52-50(54-51)37-22-11-4-12-23-37/h1-33,49H,(H,52,53,54). The lowest BCUT2D eigenvalue weighted by molar-refractivity contribution is 0.668. The lowest BCUT2D eigenvalue weighted by Crippen LogP contribution is -2.33. The van der Waals surface area contributed by atoms with Crippen LogP contribution in [-0.4, -0.2) is 11.7 Å². The molecule has 4 heteroatoms. The molecule has 0 amide bonds. The molecule has 8 aromatic carbocycles. The molecule has 260 valence electrons. The maximum atomic E-state index is 6.60. The quantitative estimate of drug-likeness (QED) is 0.179. The Morgan fingerprint density at radius 3 is 1.45 bits per heavy atom. The van der Waals surface area contributed by atoms with E-state index in [1.54, 1.807) is 0 Å². The van der Waals surface area contributed by atoms with Crippen LogP contribution >= 0.6 is 0 Å². The van der Waals surface area contributed by atoms with Gasteiger partial charge in [-0.1, -0.05) is 164 Å². The predicted molar refractivity (Wildman–Crippen MR) is 227 cm³/mol. The topological polar surface area (TPSA) is 49.9 Å². The number of nitrogens with zero attached hydrogens (tertiary/aromatic N) is 2. The molecule has 0 radical (unpaired) electrons. The SMILES string of the molecule is c1ccc(C2=NC(c3ccccc3)NC(c3cccc4oc5cccc(-c6cccc(-c7cc(-c8ccccc8)cc(-c8ccccc8)c7)c6)c5c34)=N2)cc1. The fraction of sp³-hybridized carbons (Fsp3) is 0.0196. The van der Waals surface area contributed by atoms with Crippen molar-refractivity contribution >= 4 is 33.6 Å². The van der Waals surface area contributed by atoms with E-state index < -0.39 is 0 Å². The average Bonchev–Trinajstić information content (AvgIpc) is 3.67. The molecule has 1 N–H and O–H groups in total. The highest BCUT2D eigenvalue weighted by Gasteiger charge is 2.24. The smallest absolute Gasteiger partial charge is 0.159 e. The van der Waals surface area contributed by atoms with Crippen molar-refractivity contribution in [2.45, 2.75) is 6.17 Å². The minimum Gasteiger partial charge on any atom is -0.456 e. The Balaban J connectivity index is 1.13. The summed E-state index contributed by atoms with van der Waals surface area (Å²) in [6, 6.07) is 70.0. The molecule has 4 nitrogen and oxygen atoms in total. The summed E-state index contributed by atoms with van der Waals surface area (Å²) in [5, 5.41) is 5.75. The van der Waals surface area contributed by atoms with Gasteiger partial charge < -0.3 is 9.73 Å². The second kappa shape index (κ2) is 13.9. The summed E-state index contributed by atoms with van der Waals surface area (Å²) in [7, 11) is 0. The molecule has 55 heavy (non-hydrogen) atoms. The van der Waals surface area contributed by atoms with Crippen LogP contribution in [0.2, 0.25) is 0 Å². The van der Waals surface area contributed by atoms with Crippen molar-refractivity contribution < 1.29 is 4.42 Å². The summed E-state index contributed by atoms with van der Waals surface area (Å²) in [5.74, 6) is 1.44. The van der Waals surface area contributed by atoms with Gasteiger partial charge in [0.1, 0.15) is 23.2 Å². The van der Waals surface area contributed by atoms with E-state index >= 15 is 0 Å². The number of furan rings is 1. The summed E-state index contributed by atoms with van der Waals surface area (Å²) in [5.41, 5.74) is 13.9.